The number of Topliss-reactive ketones (excluding diaryl/α,β-unsaturated/α-hetero) is 1. The van der Waals surface area contributed by atoms with Gasteiger partial charge in [0.2, 0.25) is 5.91 Å². The van der Waals surface area contributed by atoms with E-state index < -0.39 is 5.41 Å². The number of methoxy groups -OCH3 is 1. The Balaban J connectivity index is 1.81. The van der Waals surface area contributed by atoms with Gasteiger partial charge in [-0.05, 0) is 55.0 Å². The molecule has 0 N–H and O–H groups in total. The fraction of sp³-hybridized carbons (Fsp3) is 0.250. The topological polar surface area (TPSA) is 70.4 Å². The summed E-state index contributed by atoms with van der Waals surface area (Å²) in [6.45, 7) is 0.395. The van der Waals surface area contributed by atoms with Crippen LogP contribution in [0, 0.1) is 16.7 Å². The molecule has 1 fully saturated rings. The standard InChI is InChI=1S/C20H17ClN2O3/c1-26-17-8-6-16(7-9-17)23-11-10-20(13-22,19(23)25)12-18(24)14-2-4-15(21)5-3-14/h2-9H,10-12H2,1H3. The van der Waals surface area contributed by atoms with Crippen molar-refractivity contribution in [1.82, 2.24) is 0 Å². The van der Waals surface area contributed by atoms with E-state index in [4.69, 9.17) is 16.3 Å². The molecule has 1 aliphatic rings. The lowest BCUT2D eigenvalue weighted by atomic mass is 9.81. The zero-order valence-corrected chi connectivity index (χ0v) is 15.0. The van der Waals surface area contributed by atoms with Gasteiger partial charge in [-0.25, -0.2) is 0 Å². The summed E-state index contributed by atoms with van der Waals surface area (Å²) in [5.41, 5.74) is -0.206. The molecule has 0 spiro atoms. The summed E-state index contributed by atoms with van der Waals surface area (Å²) in [5, 5.41) is 10.2. The maximum absolute atomic E-state index is 12.9. The van der Waals surface area contributed by atoms with E-state index in [0.29, 0.717) is 35.0 Å². The van der Waals surface area contributed by atoms with Crippen molar-refractivity contribution in [1.29, 1.82) is 5.26 Å². The molecule has 1 atom stereocenters. The van der Waals surface area contributed by atoms with Gasteiger partial charge in [-0.15, -0.1) is 0 Å². The number of amides is 1. The third kappa shape index (κ3) is 3.29. The predicted molar refractivity (Wildman–Crippen MR) is 98.4 cm³/mol. The Morgan fingerprint density at radius 3 is 2.46 bits per heavy atom. The molecule has 0 bridgehead atoms. The van der Waals surface area contributed by atoms with E-state index in [1.54, 1.807) is 60.5 Å². The van der Waals surface area contributed by atoms with E-state index in [1.165, 1.54) is 0 Å². The zero-order chi connectivity index (χ0) is 18.7. The van der Waals surface area contributed by atoms with Crippen molar-refractivity contribution < 1.29 is 14.3 Å². The number of halogens is 1. The lowest BCUT2D eigenvalue weighted by Gasteiger charge is -2.21. The van der Waals surface area contributed by atoms with E-state index in [2.05, 4.69) is 6.07 Å². The third-order valence-electron chi connectivity index (χ3n) is 4.64. The number of ketones is 1. The molecule has 0 aromatic heterocycles. The van der Waals surface area contributed by atoms with E-state index in [1.807, 2.05) is 0 Å². The van der Waals surface area contributed by atoms with Gasteiger partial charge in [0.15, 0.2) is 5.78 Å². The van der Waals surface area contributed by atoms with Crippen molar-refractivity contribution in [2.24, 2.45) is 5.41 Å². The average molecular weight is 369 g/mol. The van der Waals surface area contributed by atoms with Gasteiger partial charge in [-0.2, -0.15) is 5.26 Å². The molecule has 3 rings (SSSR count). The first-order valence-electron chi connectivity index (χ1n) is 8.15. The number of hydrogen-bond donors (Lipinski definition) is 0. The van der Waals surface area contributed by atoms with E-state index in [0.717, 1.165) is 0 Å². The van der Waals surface area contributed by atoms with E-state index >= 15 is 0 Å². The maximum Gasteiger partial charge on any atom is 0.248 e. The largest absolute Gasteiger partial charge is 0.497 e. The van der Waals surface area contributed by atoms with Crippen LogP contribution in [0.25, 0.3) is 0 Å². The first-order chi connectivity index (χ1) is 12.5. The smallest absolute Gasteiger partial charge is 0.248 e. The molecule has 1 amide bonds. The Morgan fingerprint density at radius 1 is 1.23 bits per heavy atom. The number of anilines is 1. The molecule has 2 aromatic rings. The Labute approximate surface area is 156 Å². The van der Waals surface area contributed by atoms with Gasteiger partial charge in [0.05, 0.1) is 13.2 Å². The second-order valence-electron chi connectivity index (χ2n) is 6.21. The van der Waals surface area contributed by atoms with Crippen LogP contribution in [0.1, 0.15) is 23.2 Å². The number of hydrogen-bond acceptors (Lipinski definition) is 4. The van der Waals surface area contributed by atoms with Crippen LogP contribution in [0.15, 0.2) is 48.5 Å². The maximum atomic E-state index is 12.9. The first-order valence-corrected chi connectivity index (χ1v) is 8.53. The van der Waals surface area contributed by atoms with Crippen molar-refractivity contribution in [2.45, 2.75) is 12.8 Å². The highest BCUT2D eigenvalue weighted by molar-refractivity contribution is 6.30. The molecule has 132 valence electrons. The Hall–Kier alpha value is -2.84. The number of rotatable bonds is 5. The van der Waals surface area contributed by atoms with Crippen molar-refractivity contribution in [3.05, 3.63) is 59.1 Å². The minimum Gasteiger partial charge on any atom is -0.497 e. The van der Waals surface area contributed by atoms with Crippen LogP contribution < -0.4 is 9.64 Å². The van der Waals surface area contributed by atoms with Gasteiger partial charge in [-0.3, -0.25) is 9.59 Å². The second kappa shape index (κ2) is 7.19. The molecule has 1 saturated heterocycles. The van der Waals surface area contributed by atoms with Crippen LogP contribution >= 0.6 is 11.6 Å². The average Bonchev–Trinajstić information content (AvgIpc) is 2.99. The highest BCUT2D eigenvalue weighted by atomic mass is 35.5. The van der Waals surface area contributed by atoms with Gasteiger partial charge in [-0.1, -0.05) is 11.6 Å². The van der Waals surface area contributed by atoms with Crippen LogP contribution in [0.3, 0.4) is 0 Å². The molecule has 2 aromatic carbocycles. The Bertz CT molecular complexity index is 871. The molecular formula is C20H17ClN2O3. The molecule has 0 radical (unpaired) electrons. The molecule has 0 saturated carbocycles. The lowest BCUT2D eigenvalue weighted by Crippen LogP contribution is -2.35. The van der Waals surface area contributed by atoms with Crippen LogP contribution in [-0.2, 0) is 4.79 Å². The van der Waals surface area contributed by atoms with Crippen molar-refractivity contribution in [3.8, 4) is 11.8 Å². The van der Waals surface area contributed by atoms with Gasteiger partial charge in [0.25, 0.3) is 0 Å². The van der Waals surface area contributed by atoms with E-state index in [-0.39, 0.29) is 18.1 Å². The van der Waals surface area contributed by atoms with Crippen molar-refractivity contribution in [2.75, 3.05) is 18.6 Å². The number of nitriles is 1. The summed E-state index contributed by atoms with van der Waals surface area (Å²) in [5.74, 6) is 0.102. The Kier molecular flexibility index (Phi) is 4.97. The minimum absolute atomic E-state index is 0.142. The normalized spacial score (nSPS) is 19.3. The van der Waals surface area contributed by atoms with Gasteiger partial charge in [0.1, 0.15) is 11.2 Å². The van der Waals surface area contributed by atoms with Crippen molar-refractivity contribution >= 4 is 29.0 Å². The van der Waals surface area contributed by atoms with Crippen LogP contribution in [0.4, 0.5) is 5.69 Å². The molecular weight excluding hydrogens is 352 g/mol. The molecule has 26 heavy (non-hydrogen) atoms. The molecule has 0 aliphatic carbocycles. The molecule has 6 heteroatoms. The monoisotopic (exact) mass is 368 g/mol. The highest BCUT2D eigenvalue weighted by Crippen LogP contribution is 2.38. The number of benzene rings is 2. The number of carbonyl (C=O) groups excluding carboxylic acids is 2. The SMILES string of the molecule is COc1ccc(N2CCC(C#N)(CC(=O)c3ccc(Cl)cc3)C2=O)cc1. The number of ether oxygens (including phenoxy) is 1. The summed E-state index contributed by atoms with van der Waals surface area (Å²) < 4.78 is 5.12. The summed E-state index contributed by atoms with van der Waals surface area (Å²) in [4.78, 5) is 27.1. The zero-order valence-electron chi connectivity index (χ0n) is 14.2. The summed E-state index contributed by atoms with van der Waals surface area (Å²) >= 11 is 5.84. The molecule has 1 aliphatic heterocycles. The van der Waals surface area contributed by atoms with Crippen LogP contribution in [0.5, 0.6) is 5.75 Å². The second-order valence-corrected chi connectivity index (χ2v) is 6.64. The van der Waals surface area contributed by atoms with Crippen LogP contribution in [-0.4, -0.2) is 25.3 Å². The highest BCUT2D eigenvalue weighted by Gasteiger charge is 2.49. The van der Waals surface area contributed by atoms with E-state index in [9.17, 15) is 14.9 Å². The summed E-state index contributed by atoms with van der Waals surface area (Å²) in [6, 6.07) is 15.6. The summed E-state index contributed by atoms with van der Waals surface area (Å²) in [6.07, 6.45) is 0.171. The number of nitrogens with zero attached hydrogens (tertiary/aromatic N) is 2. The molecule has 1 heterocycles. The quantitative estimate of drug-likeness (QED) is 0.751. The summed E-state index contributed by atoms with van der Waals surface area (Å²) in [7, 11) is 1.57. The molecule has 1 unspecified atom stereocenters. The van der Waals surface area contributed by atoms with Crippen molar-refractivity contribution in [3.63, 3.8) is 0 Å². The molecule has 5 nitrogen and oxygen atoms in total. The fourth-order valence-electron chi connectivity index (χ4n) is 3.10. The predicted octanol–water partition coefficient (Wildman–Crippen LogP) is 3.87. The van der Waals surface area contributed by atoms with Gasteiger partial charge >= 0.3 is 0 Å². The van der Waals surface area contributed by atoms with Gasteiger partial charge in [0, 0.05) is 29.2 Å². The first kappa shape index (κ1) is 18.0. The third-order valence-corrected chi connectivity index (χ3v) is 4.90. The van der Waals surface area contributed by atoms with Gasteiger partial charge < -0.3 is 9.64 Å². The Morgan fingerprint density at radius 2 is 1.88 bits per heavy atom. The minimum atomic E-state index is -1.34. The van der Waals surface area contributed by atoms with Crippen LogP contribution in [0.2, 0.25) is 5.02 Å². The lowest BCUT2D eigenvalue weighted by molar-refractivity contribution is -0.123. The number of carbonyl (C=O) groups is 2. The fourth-order valence-corrected chi connectivity index (χ4v) is 3.22.